The lowest BCUT2D eigenvalue weighted by molar-refractivity contribution is -0.128. The topological polar surface area (TPSA) is 118 Å². The van der Waals surface area contributed by atoms with Crippen molar-refractivity contribution in [1.82, 2.24) is 14.6 Å². The summed E-state index contributed by atoms with van der Waals surface area (Å²) in [6.07, 6.45) is 4.23. The molecule has 1 aromatic heterocycles. The second kappa shape index (κ2) is 9.68. The van der Waals surface area contributed by atoms with Gasteiger partial charge in [0.25, 0.3) is 0 Å². The summed E-state index contributed by atoms with van der Waals surface area (Å²) in [5.74, 6) is -0.655. The Kier molecular flexibility index (Phi) is 7.01. The Labute approximate surface area is 175 Å². The maximum absolute atomic E-state index is 12.9. The van der Waals surface area contributed by atoms with Crippen molar-refractivity contribution in [3.63, 3.8) is 0 Å². The molecule has 10 heteroatoms. The fraction of sp³-hybridized carbons (Fsp3) is 0.350. The van der Waals surface area contributed by atoms with Gasteiger partial charge in [0, 0.05) is 31.2 Å². The highest BCUT2D eigenvalue weighted by Gasteiger charge is 2.33. The Hall–Kier alpha value is -2.98. The standard InChI is InChI=1S/C20H24N4O5S/c1-29-17-4-6-18(7-5-17)30(27,28)24-12-2-3-15(14-24)20(26)22-13-19(25)23-16-8-10-21-11-9-16/h4-11,15H,2-3,12-14H2,1H3,(H,22,26)(H,21,23,25). The molecule has 3 rings (SSSR count). The summed E-state index contributed by atoms with van der Waals surface area (Å²) in [5.41, 5.74) is 0.582. The van der Waals surface area contributed by atoms with Crippen LogP contribution >= 0.6 is 0 Å². The second-order valence-electron chi connectivity index (χ2n) is 6.88. The van der Waals surface area contributed by atoms with E-state index in [1.165, 1.54) is 23.5 Å². The number of rotatable bonds is 7. The van der Waals surface area contributed by atoms with Crippen LogP contribution in [0.2, 0.25) is 0 Å². The van der Waals surface area contributed by atoms with Crippen molar-refractivity contribution in [1.29, 1.82) is 0 Å². The first kappa shape index (κ1) is 21.7. The van der Waals surface area contributed by atoms with Crippen molar-refractivity contribution in [3.05, 3.63) is 48.8 Å². The number of carbonyl (C=O) groups is 2. The normalized spacial score (nSPS) is 17.2. The van der Waals surface area contributed by atoms with Gasteiger partial charge >= 0.3 is 0 Å². The molecule has 30 heavy (non-hydrogen) atoms. The lowest BCUT2D eigenvalue weighted by Crippen LogP contribution is -2.46. The minimum absolute atomic E-state index is 0.0756. The third-order valence-electron chi connectivity index (χ3n) is 4.84. The number of methoxy groups -OCH3 is 1. The number of nitrogens with one attached hydrogen (secondary N) is 2. The molecule has 1 saturated heterocycles. The Bertz CT molecular complexity index is 980. The number of nitrogens with zero attached hydrogens (tertiary/aromatic N) is 2. The first-order chi connectivity index (χ1) is 14.4. The number of piperidine rings is 1. The van der Waals surface area contributed by atoms with Gasteiger partial charge in [0.1, 0.15) is 5.75 Å². The minimum atomic E-state index is -3.71. The minimum Gasteiger partial charge on any atom is -0.497 e. The Morgan fingerprint density at radius 2 is 1.87 bits per heavy atom. The zero-order valence-electron chi connectivity index (χ0n) is 16.6. The van der Waals surface area contributed by atoms with Gasteiger partial charge in [0.2, 0.25) is 21.8 Å². The predicted molar refractivity (Wildman–Crippen MR) is 110 cm³/mol. The molecule has 2 N–H and O–H groups in total. The summed E-state index contributed by atoms with van der Waals surface area (Å²) in [6, 6.07) is 9.43. The highest BCUT2D eigenvalue weighted by molar-refractivity contribution is 7.89. The molecular formula is C20H24N4O5S. The fourth-order valence-electron chi connectivity index (χ4n) is 3.22. The van der Waals surface area contributed by atoms with Gasteiger partial charge in [-0.15, -0.1) is 0 Å². The van der Waals surface area contributed by atoms with Crippen LogP contribution in [0.25, 0.3) is 0 Å². The van der Waals surface area contributed by atoms with Gasteiger partial charge in [-0.2, -0.15) is 4.31 Å². The van der Waals surface area contributed by atoms with Gasteiger partial charge in [-0.3, -0.25) is 14.6 Å². The summed E-state index contributed by atoms with van der Waals surface area (Å²) in [7, 11) is -2.20. The first-order valence-electron chi connectivity index (χ1n) is 9.52. The third-order valence-corrected chi connectivity index (χ3v) is 6.72. The van der Waals surface area contributed by atoms with E-state index in [2.05, 4.69) is 15.6 Å². The van der Waals surface area contributed by atoms with Gasteiger partial charge in [-0.25, -0.2) is 8.42 Å². The molecule has 1 aliphatic rings. The largest absolute Gasteiger partial charge is 0.497 e. The summed E-state index contributed by atoms with van der Waals surface area (Å²) in [4.78, 5) is 28.5. The van der Waals surface area contributed by atoms with Crippen molar-refractivity contribution in [2.45, 2.75) is 17.7 Å². The third kappa shape index (κ3) is 5.33. The quantitative estimate of drug-likeness (QED) is 0.680. The van der Waals surface area contributed by atoms with Crippen molar-refractivity contribution in [3.8, 4) is 5.75 Å². The molecule has 1 atom stereocenters. The zero-order chi connectivity index (χ0) is 21.6. The van der Waals surface area contributed by atoms with E-state index in [9.17, 15) is 18.0 Å². The SMILES string of the molecule is COc1ccc(S(=O)(=O)N2CCCC(C(=O)NCC(=O)Nc3ccncc3)C2)cc1. The van der Waals surface area contributed by atoms with Crippen LogP contribution in [0.15, 0.2) is 53.7 Å². The number of ether oxygens (including phenoxy) is 1. The molecule has 160 valence electrons. The van der Waals surface area contributed by atoms with Crippen LogP contribution in [-0.2, 0) is 19.6 Å². The van der Waals surface area contributed by atoms with Gasteiger partial charge < -0.3 is 15.4 Å². The first-order valence-corrected chi connectivity index (χ1v) is 11.0. The number of hydrogen-bond donors (Lipinski definition) is 2. The van der Waals surface area contributed by atoms with Crippen molar-refractivity contribution >= 4 is 27.5 Å². The van der Waals surface area contributed by atoms with Gasteiger partial charge in [0.15, 0.2) is 0 Å². The molecule has 2 amide bonds. The highest BCUT2D eigenvalue weighted by atomic mass is 32.2. The average molecular weight is 433 g/mol. The van der Waals surface area contributed by atoms with E-state index in [1.807, 2.05) is 0 Å². The Balaban J connectivity index is 1.56. The van der Waals surface area contributed by atoms with Crippen molar-refractivity contribution < 1.29 is 22.7 Å². The summed E-state index contributed by atoms with van der Waals surface area (Å²) in [6.45, 7) is 0.232. The van der Waals surface area contributed by atoms with Gasteiger partial charge in [-0.1, -0.05) is 0 Å². The van der Waals surface area contributed by atoms with Crippen molar-refractivity contribution in [2.75, 3.05) is 32.1 Å². The number of benzene rings is 1. The lowest BCUT2D eigenvalue weighted by atomic mass is 9.99. The molecule has 1 unspecified atom stereocenters. The molecule has 0 bridgehead atoms. The van der Waals surface area contributed by atoms with Crippen LogP contribution in [0.5, 0.6) is 5.75 Å². The zero-order valence-corrected chi connectivity index (χ0v) is 17.4. The number of anilines is 1. The van der Waals surface area contributed by atoms with Crippen LogP contribution in [0, 0.1) is 5.92 Å². The average Bonchev–Trinajstić information content (AvgIpc) is 2.78. The molecule has 1 fully saturated rings. The summed E-state index contributed by atoms with van der Waals surface area (Å²) in [5, 5.41) is 5.25. The Morgan fingerprint density at radius 1 is 1.17 bits per heavy atom. The molecule has 1 aromatic carbocycles. The maximum Gasteiger partial charge on any atom is 0.243 e. The van der Waals surface area contributed by atoms with Crippen LogP contribution < -0.4 is 15.4 Å². The highest BCUT2D eigenvalue weighted by Crippen LogP contribution is 2.25. The smallest absolute Gasteiger partial charge is 0.243 e. The number of sulfonamides is 1. The van der Waals surface area contributed by atoms with E-state index in [4.69, 9.17) is 4.74 Å². The second-order valence-corrected chi connectivity index (χ2v) is 8.82. The predicted octanol–water partition coefficient (Wildman–Crippen LogP) is 1.25. The molecule has 9 nitrogen and oxygen atoms in total. The maximum atomic E-state index is 12.9. The van der Waals surface area contributed by atoms with E-state index in [-0.39, 0.29) is 29.8 Å². The number of pyridine rings is 1. The Morgan fingerprint density at radius 3 is 2.53 bits per heavy atom. The van der Waals surface area contributed by atoms with Crippen LogP contribution in [0.3, 0.4) is 0 Å². The summed E-state index contributed by atoms with van der Waals surface area (Å²) < 4.78 is 32.2. The molecule has 0 aliphatic carbocycles. The van der Waals surface area contributed by atoms with Crippen LogP contribution in [0.1, 0.15) is 12.8 Å². The lowest BCUT2D eigenvalue weighted by Gasteiger charge is -2.31. The number of amides is 2. The molecular weight excluding hydrogens is 408 g/mol. The fourth-order valence-corrected chi connectivity index (χ4v) is 4.75. The van der Waals surface area contributed by atoms with Crippen LogP contribution in [0.4, 0.5) is 5.69 Å². The van der Waals surface area contributed by atoms with Gasteiger partial charge in [0.05, 0.1) is 24.5 Å². The monoisotopic (exact) mass is 432 g/mol. The number of aromatic nitrogens is 1. The number of hydrogen-bond acceptors (Lipinski definition) is 6. The van der Waals surface area contributed by atoms with Crippen LogP contribution in [-0.4, -0.2) is 56.3 Å². The van der Waals surface area contributed by atoms with E-state index in [0.29, 0.717) is 30.8 Å². The van der Waals surface area contributed by atoms with E-state index in [0.717, 1.165) is 0 Å². The molecule has 0 spiro atoms. The van der Waals surface area contributed by atoms with Crippen molar-refractivity contribution in [2.24, 2.45) is 5.92 Å². The van der Waals surface area contributed by atoms with E-state index >= 15 is 0 Å². The molecule has 1 aliphatic heterocycles. The van der Waals surface area contributed by atoms with E-state index in [1.54, 1.807) is 36.7 Å². The summed E-state index contributed by atoms with van der Waals surface area (Å²) >= 11 is 0. The van der Waals surface area contributed by atoms with E-state index < -0.39 is 15.9 Å². The number of carbonyl (C=O) groups excluding carboxylic acids is 2. The van der Waals surface area contributed by atoms with Gasteiger partial charge in [-0.05, 0) is 49.2 Å². The molecule has 2 heterocycles. The molecule has 0 saturated carbocycles. The molecule has 2 aromatic rings. The molecule has 0 radical (unpaired) electrons.